The summed E-state index contributed by atoms with van der Waals surface area (Å²) in [4.78, 5) is 15.6. The van der Waals surface area contributed by atoms with E-state index >= 15 is 0 Å². The number of carbonyl (C=O) groups is 1. The number of aromatic nitrogens is 1. The van der Waals surface area contributed by atoms with Crippen molar-refractivity contribution in [1.82, 2.24) is 14.4 Å². The summed E-state index contributed by atoms with van der Waals surface area (Å²) in [5.41, 5.74) is 2.76. The zero-order valence-corrected chi connectivity index (χ0v) is 18.6. The van der Waals surface area contributed by atoms with Gasteiger partial charge in [0.2, 0.25) is 6.41 Å². The molecule has 0 amide bonds. The number of hydrogen-bond donors (Lipinski definition) is 1. The highest BCUT2D eigenvalue weighted by molar-refractivity contribution is 5.92. The van der Waals surface area contributed by atoms with Crippen molar-refractivity contribution in [3.63, 3.8) is 0 Å². The van der Waals surface area contributed by atoms with E-state index in [0.29, 0.717) is 17.8 Å². The smallest absolute Gasteiger partial charge is 0.216 e. The number of aryl methyl sites for hydroxylation is 1. The van der Waals surface area contributed by atoms with Crippen LogP contribution in [-0.2, 0) is 11.3 Å². The van der Waals surface area contributed by atoms with Crippen LogP contribution in [0, 0.1) is 18.3 Å². The van der Waals surface area contributed by atoms with E-state index in [1.807, 2.05) is 55.4 Å². The molecule has 0 bridgehead atoms. The molecule has 1 aliphatic rings. The third-order valence-corrected chi connectivity index (χ3v) is 5.83. The van der Waals surface area contributed by atoms with Crippen LogP contribution in [0.1, 0.15) is 49.3 Å². The highest BCUT2D eigenvalue weighted by Gasteiger charge is 2.28. The third-order valence-electron chi connectivity index (χ3n) is 5.83. The van der Waals surface area contributed by atoms with Gasteiger partial charge in [-0.1, -0.05) is 0 Å². The van der Waals surface area contributed by atoms with Gasteiger partial charge >= 0.3 is 0 Å². The first kappa shape index (κ1) is 22.4. The van der Waals surface area contributed by atoms with Crippen molar-refractivity contribution in [1.29, 1.82) is 5.26 Å². The van der Waals surface area contributed by atoms with E-state index in [0.717, 1.165) is 48.9 Å². The lowest BCUT2D eigenvalue weighted by atomic mass is 10.1. The highest BCUT2D eigenvalue weighted by Crippen LogP contribution is 2.26. The summed E-state index contributed by atoms with van der Waals surface area (Å²) in [6, 6.07) is 8.15. The van der Waals surface area contributed by atoms with E-state index in [4.69, 9.17) is 4.74 Å². The highest BCUT2D eigenvalue weighted by atomic mass is 16.6. The number of ether oxygens (including phenoxy) is 1. The number of aliphatic hydroxyl groups is 1. The molecule has 1 aromatic heterocycles. The SMILES string of the molecule is Cc1c(C=O)ccc2c1cc(C#N)n2CC(C)N1CCN(C(O)OC(C)(C)C)CC1. The van der Waals surface area contributed by atoms with E-state index in [1.54, 1.807) is 0 Å². The van der Waals surface area contributed by atoms with E-state index in [9.17, 15) is 15.2 Å². The van der Waals surface area contributed by atoms with Crippen LogP contribution in [0.3, 0.4) is 0 Å². The summed E-state index contributed by atoms with van der Waals surface area (Å²) in [5, 5.41) is 20.9. The normalized spacial score (nSPS) is 18.3. The van der Waals surface area contributed by atoms with Gasteiger partial charge in [0.25, 0.3) is 0 Å². The van der Waals surface area contributed by atoms with E-state index in [2.05, 4.69) is 17.9 Å². The van der Waals surface area contributed by atoms with Gasteiger partial charge in [0.1, 0.15) is 18.0 Å². The molecule has 7 heteroatoms. The zero-order valence-electron chi connectivity index (χ0n) is 18.6. The molecular formula is C23H32N4O3. The number of rotatable bonds is 6. The van der Waals surface area contributed by atoms with Crippen LogP contribution < -0.4 is 0 Å². The van der Waals surface area contributed by atoms with E-state index in [1.165, 1.54) is 0 Å². The monoisotopic (exact) mass is 412 g/mol. The second-order valence-corrected chi connectivity index (χ2v) is 9.06. The molecule has 2 aromatic rings. The number of piperazine rings is 1. The largest absolute Gasteiger partial charge is 0.356 e. The van der Waals surface area contributed by atoms with Crippen molar-refractivity contribution >= 4 is 17.2 Å². The lowest BCUT2D eigenvalue weighted by molar-refractivity contribution is -0.244. The molecule has 2 atom stereocenters. The van der Waals surface area contributed by atoms with Crippen LogP contribution in [0.15, 0.2) is 18.2 Å². The zero-order chi connectivity index (χ0) is 22.1. The lowest BCUT2D eigenvalue weighted by Crippen LogP contribution is -2.54. The molecule has 1 saturated heterocycles. The van der Waals surface area contributed by atoms with Gasteiger partial charge in [0, 0.05) is 55.2 Å². The first-order valence-electron chi connectivity index (χ1n) is 10.5. The fourth-order valence-corrected chi connectivity index (χ4v) is 4.08. The molecule has 1 aliphatic heterocycles. The van der Waals surface area contributed by atoms with Gasteiger partial charge in [-0.25, -0.2) is 0 Å². The van der Waals surface area contributed by atoms with Crippen molar-refractivity contribution < 1.29 is 14.6 Å². The Morgan fingerprint density at radius 2 is 1.87 bits per heavy atom. The molecule has 2 unspecified atom stereocenters. The molecule has 1 N–H and O–H groups in total. The Balaban J connectivity index is 1.71. The van der Waals surface area contributed by atoms with Crippen LogP contribution in [0.5, 0.6) is 0 Å². The number of fused-ring (bicyclic) bond motifs is 1. The standard InChI is InChI=1S/C23H32N4O3/c1-16(25-8-10-26(11-9-25)22(29)30-23(3,4)5)14-27-19(13-24)12-20-17(2)18(15-28)6-7-21(20)27/h6-7,12,15-16,22,29H,8-11,14H2,1-5H3. The Morgan fingerprint density at radius 1 is 1.23 bits per heavy atom. The summed E-state index contributed by atoms with van der Waals surface area (Å²) in [5.74, 6) is 0. The molecule has 7 nitrogen and oxygen atoms in total. The molecule has 0 aliphatic carbocycles. The summed E-state index contributed by atoms with van der Waals surface area (Å²) in [7, 11) is 0. The summed E-state index contributed by atoms with van der Waals surface area (Å²) in [6.07, 6.45) is -0.0334. The van der Waals surface area contributed by atoms with Crippen LogP contribution in [0.25, 0.3) is 10.9 Å². The van der Waals surface area contributed by atoms with Crippen molar-refractivity contribution in [2.45, 2.75) is 59.2 Å². The van der Waals surface area contributed by atoms with Crippen molar-refractivity contribution in [3.8, 4) is 6.07 Å². The van der Waals surface area contributed by atoms with Crippen molar-refractivity contribution in [2.24, 2.45) is 0 Å². The van der Waals surface area contributed by atoms with Crippen LogP contribution in [0.4, 0.5) is 0 Å². The Labute approximate surface area is 178 Å². The fourth-order valence-electron chi connectivity index (χ4n) is 4.08. The number of nitrogens with zero attached hydrogens (tertiary/aromatic N) is 4. The summed E-state index contributed by atoms with van der Waals surface area (Å²) in [6.45, 7) is 13.7. The predicted octanol–water partition coefficient (Wildman–Crippen LogP) is 2.73. The minimum Gasteiger partial charge on any atom is -0.356 e. The molecule has 30 heavy (non-hydrogen) atoms. The van der Waals surface area contributed by atoms with Gasteiger partial charge in [-0.2, -0.15) is 5.26 Å². The average molecular weight is 413 g/mol. The third kappa shape index (κ3) is 4.73. The second kappa shape index (κ2) is 8.86. The molecular weight excluding hydrogens is 380 g/mol. The predicted molar refractivity (Wildman–Crippen MR) is 116 cm³/mol. The molecule has 1 aromatic carbocycles. The first-order valence-corrected chi connectivity index (χ1v) is 10.5. The minimum absolute atomic E-state index is 0.224. The Kier molecular flexibility index (Phi) is 6.63. The number of nitriles is 1. The molecule has 0 saturated carbocycles. The minimum atomic E-state index is -0.893. The Hall–Kier alpha value is -2.24. The van der Waals surface area contributed by atoms with Crippen LogP contribution >= 0.6 is 0 Å². The summed E-state index contributed by atoms with van der Waals surface area (Å²) < 4.78 is 7.71. The van der Waals surface area contributed by atoms with Gasteiger partial charge in [-0.15, -0.1) is 0 Å². The topological polar surface area (TPSA) is 81.7 Å². The fraction of sp³-hybridized carbons (Fsp3) is 0.565. The lowest BCUT2D eigenvalue weighted by Gasteiger charge is -2.41. The van der Waals surface area contributed by atoms with Gasteiger partial charge in [0.15, 0.2) is 0 Å². The van der Waals surface area contributed by atoms with Gasteiger partial charge in [-0.05, 0) is 58.4 Å². The number of aliphatic hydroxyl groups excluding tert-OH is 1. The van der Waals surface area contributed by atoms with Crippen LogP contribution in [-0.4, -0.2) is 70.0 Å². The maximum atomic E-state index is 11.3. The van der Waals surface area contributed by atoms with Gasteiger partial charge in [0.05, 0.1) is 5.60 Å². The van der Waals surface area contributed by atoms with Gasteiger partial charge in [-0.3, -0.25) is 14.6 Å². The number of hydrogen-bond acceptors (Lipinski definition) is 6. The van der Waals surface area contributed by atoms with E-state index in [-0.39, 0.29) is 6.04 Å². The molecule has 2 heterocycles. The molecule has 162 valence electrons. The van der Waals surface area contributed by atoms with Crippen molar-refractivity contribution in [2.75, 3.05) is 26.2 Å². The van der Waals surface area contributed by atoms with E-state index < -0.39 is 12.0 Å². The number of carbonyl (C=O) groups excluding carboxylic acids is 1. The molecule has 0 radical (unpaired) electrons. The van der Waals surface area contributed by atoms with Gasteiger partial charge < -0.3 is 14.4 Å². The maximum Gasteiger partial charge on any atom is 0.216 e. The average Bonchev–Trinajstić information content (AvgIpc) is 3.05. The van der Waals surface area contributed by atoms with Crippen molar-refractivity contribution in [3.05, 3.63) is 35.0 Å². The molecule has 3 rings (SSSR count). The maximum absolute atomic E-state index is 11.3. The Bertz CT molecular complexity index is 946. The molecule has 1 fully saturated rings. The molecule has 0 spiro atoms. The number of benzene rings is 1. The summed E-state index contributed by atoms with van der Waals surface area (Å²) >= 11 is 0. The Morgan fingerprint density at radius 3 is 2.43 bits per heavy atom. The van der Waals surface area contributed by atoms with Crippen LogP contribution in [0.2, 0.25) is 0 Å². The first-order chi connectivity index (χ1) is 14.1. The number of aldehydes is 1. The second-order valence-electron chi connectivity index (χ2n) is 9.06. The quantitative estimate of drug-likeness (QED) is 0.580.